The minimum Gasteiger partial charge on any atom is -0.486 e. The molecule has 0 fully saturated rings. The number of benzene rings is 2. The van der Waals surface area contributed by atoms with Crippen molar-refractivity contribution < 1.29 is 22.7 Å². The zero-order valence-corrected chi connectivity index (χ0v) is 14.0. The average Bonchev–Trinajstić information content (AvgIpc) is 3.03. The van der Waals surface area contributed by atoms with E-state index in [1.54, 1.807) is 12.1 Å². The first-order chi connectivity index (χ1) is 12.4. The maximum absolute atomic E-state index is 12.7. The highest BCUT2D eigenvalue weighted by molar-refractivity contribution is 7.18. The van der Waals surface area contributed by atoms with E-state index < -0.39 is 30.0 Å². The summed E-state index contributed by atoms with van der Waals surface area (Å²) in [5.74, 6) is -1.78. The van der Waals surface area contributed by atoms with Crippen LogP contribution in [0.15, 0.2) is 48.5 Å². The Kier molecular flexibility index (Phi) is 4.91. The van der Waals surface area contributed by atoms with E-state index in [2.05, 4.69) is 4.98 Å². The number of carbonyl (C=O) groups is 1. The van der Waals surface area contributed by atoms with Crippen molar-refractivity contribution in [2.24, 2.45) is 0 Å². The summed E-state index contributed by atoms with van der Waals surface area (Å²) in [6.07, 6.45) is -4.50. The van der Waals surface area contributed by atoms with E-state index in [0.717, 1.165) is 16.8 Å². The maximum Gasteiger partial charge on any atom is 0.416 e. The number of nitrogens with zero attached hydrogens (tertiary/aromatic N) is 2. The van der Waals surface area contributed by atoms with Crippen LogP contribution in [0.1, 0.15) is 16.5 Å². The van der Waals surface area contributed by atoms with Crippen molar-refractivity contribution in [3.8, 4) is 11.8 Å². The Balaban J connectivity index is 1.73. The largest absolute Gasteiger partial charge is 0.486 e. The number of fused-ring (bicyclic) bond motifs is 1. The molecule has 1 heterocycles. The zero-order valence-electron chi connectivity index (χ0n) is 13.2. The van der Waals surface area contributed by atoms with Gasteiger partial charge in [0.05, 0.1) is 21.8 Å². The number of ether oxygens (including phenoxy) is 1. The fourth-order valence-corrected chi connectivity index (χ4v) is 3.31. The molecule has 1 unspecified atom stereocenters. The molecular weight excluding hydrogens is 365 g/mol. The van der Waals surface area contributed by atoms with Crippen LogP contribution in [-0.2, 0) is 11.0 Å². The predicted molar refractivity (Wildman–Crippen MR) is 89.9 cm³/mol. The molecule has 2 aromatic carbocycles. The van der Waals surface area contributed by atoms with E-state index >= 15 is 0 Å². The summed E-state index contributed by atoms with van der Waals surface area (Å²) in [7, 11) is 0. The van der Waals surface area contributed by atoms with E-state index in [1.165, 1.54) is 23.5 Å². The van der Waals surface area contributed by atoms with Crippen LogP contribution in [0.25, 0.3) is 10.2 Å². The molecule has 0 saturated carbocycles. The van der Waals surface area contributed by atoms with E-state index in [0.29, 0.717) is 10.5 Å². The lowest BCUT2D eigenvalue weighted by Crippen LogP contribution is -2.19. The zero-order chi connectivity index (χ0) is 18.7. The predicted octanol–water partition coefficient (Wildman–Crippen LogP) is 4.57. The van der Waals surface area contributed by atoms with Gasteiger partial charge in [0.2, 0.25) is 0 Å². The number of thiazole rings is 1. The molecule has 0 saturated heterocycles. The fourth-order valence-electron chi connectivity index (χ4n) is 2.28. The van der Waals surface area contributed by atoms with Crippen molar-refractivity contribution in [3.63, 3.8) is 0 Å². The summed E-state index contributed by atoms with van der Waals surface area (Å²) in [6, 6.07) is 13.3. The molecule has 1 aromatic heterocycles. The van der Waals surface area contributed by atoms with Gasteiger partial charge in [0.25, 0.3) is 0 Å². The average molecular weight is 376 g/mol. The summed E-state index contributed by atoms with van der Waals surface area (Å²) in [5, 5.41) is 9.65. The van der Waals surface area contributed by atoms with Crippen molar-refractivity contribution in [2.45, 2.75) is 12.1 Å². The molecule has 0 aliphatic rings. The summed E-state index contributed by atoms with van der Waals surface area (Å²) in [4.78, 5) is 16.6. The van der Waals surface area contributed by atoms with Gasteiger partial charge in [-0.2, -0.15) is 18.4 Å². The highest BCUT2D eigenvalue weighted by Gasteiger charge is 2.31. The van der Waals surface area contributed by atoms with Crippen molar-refractivity contribution >= 4 is 27.3 Å². The smallest absolute Gasteiger partial charge is 0.416 e. The van der Waals surface area contributed by atoms with E-state index in [1.807, 2.05) is 18.2 Å². The lowest BCUT2D eigenvalue weighted by Gasteiger charge is -2.10. The van der Waals surface area contributed by atoms with E-state index in [-0.39, 0.29) is 5.75 Å². The Hall–Kier alpha value is -2.92. The van der Waals surface area contributed by atoms with E-state index in [4.69, 9.17) is 4.74 Å². The quantitative estimate of drug-likeness (QED) is 0.654. The third-order valence-corrected chi connectivity index (χ3v) is 4.65. The van der Waals surface area contributed by atoms with Gasteiger partial charge < -0.3 is 4.74 Å². The van der Waals surface area contributed by atoms with Crippen molar-refractivity contribution in [2.75, 3.05) is 6.61 Å². The number of hydrogen-bond donors (Lipinski definition) is 0. The highest BCUT2D eigenvalue weighted by atomic mass is 32.1. The SMILES string of the molecule is N#CC(C(=O)COc1cccc(C(F)(F)F)c1)c1nc2ccccc2s1. The molecule has 1 atom stereocenters. The number of halogens is 3. The number of hydrogen-bond acceptors (Lipinski definition) is 5. The fraction of sp³-hybridized carbons (Fsp3) is 0.167. The van der Waals surface area contributed by atoms with Gasteiger partial charge in [0, 0.05) is 0 Å². The Morgan fingerprint density at radius 1 is 1.23 bits per heavy atom. The molecule has 0 amide bonds. The van der Waals surface area contributed by atoms with Crippen LogP contribution in [0, 0.1) is 11.3 Å². The second-order valence-corrected chi connectivity index (χ2v) is 6.42. The number of nitriles is 1. The summed E-state index contributed by atoms with van der Waals surface area (Å²) < 4.78 is 44.1. The molecule has 26 heavy (non-hydrogen) atoms. The minimum absolute atomic E-state index is 0.0887. The number of carbonyl (C=O) groups excluding carboxylic acids is 1. The monoisotopic (exact) mass is 376 g/mol. The maximum atomic E-state index is 12.7. The van der Waals surface area contributed by atoms with Gasteiger partial charge in [0.15, 0.2) is 11.7 Å². The molecule has 0 aliphatic carbocycles. The third kappa shape index (κ3) is 3.83. The molecular formula is C18H11F3N2O2S. The molecule has 0 bridgehead atoms. The number of para-hydroxylation sites is 1. The molecule has 3 aromatic rings. The molecule has 0 spiro atoms. The third-order valence-electron chi connectivity index (χ3n) is 3.55. The molecule has 0 radical (unpaired) electrons. The van der Waals surface area contributed by atoms with Crippen LogP contribution >= 0.6 is 11.3 Å². The first kappa shape index (κ1) is 17.9. The van der Waals surface area contributed by atoms with Gasteiger partial charge in [-0.15, -0.1) is 11.3 Å². The Morgan fingerprint density at radius 3 is 2.69 bits per heavy atom. The Bertz CT molecular complexity index is 959. The van der Waals surface area contributed by atoms with Crippen molar-refractivity contribution in [1.82, 2.24) is 4.98 Å². The van der Waals surface area contributed by atoms with Gasteiger partial charge in [-0.1, -0.05) is 18.2 Å². The minimum atomic E-state index is -4.50. The van der Waals surface area contributed by atoms with Crippen LogP contribution in [0.3, 0.4) is 0 Å². The van der Waals surface area contributed by atoms with Crippen LogP contribution < -0.4 is 4.74 Å². The number of Topliss-reactive ketones (excluding diaryl/α,β-unsaturated/α-hetero) is 1. The van der Waals surface area contributed by atoms with E-state index in [9.17, 15) is 23.2 Å². The molecule has 8 heteroatoms. The number of aromatic nitrogens is 1. The number of rotatable bonds is 5. The topological polar surface area (TPSA) is 63.0 Å². The summed E-state index contributed by atoms with van der Waals surface area (Å²) in [6.45, 7) is -0.518. The van der Waals surface area contributed by atoms with Crippen molar-refractivity contribution in [1.29, 1.82) is 5.26 Å². The molecule has 3 rings (SSSR count). The molecule has 4 nitrogen and oxygen atoms in total. The lowest BCUT2D eigenvalue weighted by molar-refractivity contribution is -0.137. The van der Waals surface area contributed by atoms with Crippen molar-refractivity contribution in [3.05, 3.63) is 59.1 Å². The first-order valence-corrected chi connectivity index (χ1v) is 8.28. The van der Waals surface area contributed by atoms with Crippen LogP contribution in [0.2, 0.25) is 0 Å². The normalized spacial score (nSPS) is 12.5. The first-order valence-electron chi connectivity index (χ1n) is 7.46. The number of ketones is 1. The Labute approximate surface area is 150 Å². The second-order valence-electron chi connectivity index (χ2n) is 5.36. The molecule has 0 aliphatic heterocycles. The van der Waals surface area contributed by atoms with Gasteiger partial charge in [-0.3, -0.25) is 4.79 Å². The van der Waals surface area contributed by atoms with Crippen LogP contribution in [0.5, 0.6) is 5.75 Å². The van der Waals surface area contributed by atoms with Gasteiger partial charge in [-0.05, 0) is 30.3 Å². The molecule has 132 valence electrons. The second kappa shape index (κ2) is 7.14. The van der Waals surface area contributed by atoms with Gasteiger partial charge in [0.1, 0.15) is 17.4 Å². The number of alkyl halides is 3. The van der Waals surface area contributed by atoms with Gasteiger partial charge in [-0.25, -0.2) is 4.98 Å². The standard InChI is InChI=1S/C18H11F3N2O2S/c19-18(20,21)11-4-3-5-12(8-11)25-10-15(24)13(9-22)17-23-14-6-1-2-7-16(14)26-17/h1-8,13H,10H2. The Morgan fingerprint density at radius 2 is 2.00 bits per heavy atom. The summed E-state index contributed by atoms with van der Waals surface area (Å²) in [5.41, 5.74) is -0.190. The van der Waals surface area contributed by atoms with Crippen LogP contribution in [0.4, 0.5) is 13.2 Å². The molecule has 0 N–H and O–H groups in total. The lowest BCUT2D eigenvalue weighted by atomic mass is 10.1. The highest BCUT2D eigenvalue weighted by Crippen LogP contribution is 2.32. The van der Waals surface area contributed by atoms with Crippen LogP contribution in [-0.4, -0.2) is 17.4 Å². The summed E-state index contributed by atoms with van der Waals surface area (Å²) >= 11 is 1.23. The van der Waals surface area contributed by atoms with Gasteiger partial charge >= 0.3 is 6.18 Å².